The third-order valence-electron chi connectivity index (χ3n) is 3.57. The zero-order valence-corrected chi connectivity index (χ0v) is 14.3. The normalized spacial score (nSPS) is 11.6. The molecule has 0 heterocycles. The van der Waals surface area contributed by atoms with Gasteiger partial charge < -0.3 is 14.8 Å². The van der Waals surface area contributed by atoms with Gasteiger partial charge in [0.1, 0.15) is 11.5 Å². The Hall–Kier alpha value is -2.49. The molecule has 0 aliphatic heterocycles. The third kappa shape index (κ3) is 5.61. The highest BCUT2D eigenvalue weighted by Crippen LogP contribution is 2.18. The molecule has 2 aromatic carbocycles. The maximum Gasteiger partial charge on any atom is 0.265 e. The van der Waals surface area contributed by atoms with E-state index >= 15 is 0 Å². The van der Waals surface area contributed by atoms with Crippen LogP contribution in [0.15, 0.2) is 54.6 Å². The average Bonchev–Trinajstić information content (AvgIpc) is 2.62. The molecule has 0 aliphatic rings. The van der Waals surface area contributed by atoms with E-state index in [1.807, 2.05) is 61.5 Å². The first-order valence-electron chi connectivity index (χ1n) is 8.48. The van der Waals surface area contributed by atoms with Gasteiger partial charge in [-0.2, -0.15) is 0 Å². The van der Waals surface area contributed by atoms with Crippen LogP contribution < -0.4 is 14.8 Å². The van der Waals surface area contributed by atoms with Gasteiger partial charge in [0.25, 0.3) is 5.91 Å². The first-order valence-corrected chi connectivity index (χ1v) is 8.48. The third-order valence-corrected chi connectivity index (χ3v) is 3.57. The van der Waals surface area contributed by atoms with Crippen molar-refractivity contribution in [3.05, 3.63) is 54.6 Å². The Morgan fingerprint density at radius 3 is 2.33 bits per heavy atom. The largest absolute Gasteiger partial charge is 0.494 e. The van der Waals surface area contributed by atoms with Gasteiger partial charge >= 0.3 is 0 Å². The second-order valence-electron chi connectivity index (χ2n) is 5.54. The molecule has 1 atom stereocenters. The fourth-order valence-corrected chi connectivity index (χ4v) is 2.18. The van der Waals surface area contributed by atoms with E-state index in [9.17, 15) is 4.79 Å². The van der Waals surface area contributed by atoms with Crippen LogP contribution in [0.1, 0.15) is 33.1 Å². The van der Waals surface area contributed by atoms with Crippen molar-refractivity contribution >= 4 is 11.6 Å². The number of para-hydroxylation sites is 1. The molecule has 2 aromatic rings. The van der Waals surface area contributed by atoms with Crippen molar-refractivity contribution in [3.8, 4) is 11.5 Å². The molecule has 0 saturated heterocycles. The Labute approximate surface area is 143 Å². The van der Waals surface area contributed by atoms with Crippen molar-refractivity contribution < 1.29 is 14.3 Å². The fraction of sp³-hybridized carbons (Fsp3) is 0.350. The van der Waals surface area contributed by atoms with Gasteiger partial charge in [0.2, 0.25) is 0 Å². The minimum absolute atomic E-state index is 0.152. The van der Waals surface area contributed by atoms with Crippen LogP contribution in [0.4, 0.5) is 5.69 Å². The summed E-state index contributed by atoms with van der Waals surface area (Å²) in [6.07, 6.45) is 2.22. The molecule has 0 aromatic heterocycles. The van der Waals surface area contributed by atoms with Gasteiger partial charge in [-0.15, -0.1) is 0 Å². The highest BCUT2D eigenvalue weighted by atomic mass is 16.5. The van der Waals surface area contributed by atoms with Crippen LogP contribution in [-0.4, -0.2) is 18.6 Å². The molecule has 0 radical (unpaired) electrons. The van der Waals surface area contributed by atoms with E-state index in [0.29, 0.717) is 18.8 Å². The lowest BCUT2D eigenvalue weighted by molar-refractivity contribution is -0.122. The first kappa shape index (κ1) is 17.9. The number of amides is 1. The Morgan fingerprint density at radius 2 is 1.71 bits per heavy atom. The summed E-state index contributed by atoms with van der Waals surface area (Å²) < 4.78 is 11.4. The summed E-state index contributed by atoms with van der Waals surface area (Å²) in [7, 11) is 0. The van der Waals surface area contributed by atoms with Crippen molar-refractivity contribution in [2.24, 2.45) is 0 Å². The molecule has 0 aliphatic carbocycles. The Bertz CT molecular complexity index is 611. The highest BCUT2D eigenvalue weighted by molar-refractivity contribution is 5.94. The van der Waals surface area contributed by atoms with Gasteiger partial charge in [0.05, 0.1) is 6.61 Å². The smallest absolute Gasteiger partial charge is 0.265 e. The monoisotopic (exact) mass is 327 g/mol. The standard InChI is InChI=1S/C20H25NO3/c1-3-5-15-23-17-13-11-16(12-14-17)21-20(22)19(4-2)24-18-9-7-6-8-10-18/h6-14,19H,3-5,15H2,1-2H3,(H,21,22). The van der Waals surface area contributed by atoms with Gasteiger partial charge in [-0.1, -0.05) is 38.5 Å². The lowest BCUT2D eigenvalue weighted by atomic mass is 10.2. The molecule has 1 unspecified atom stereocenters. The molecule has 0 fully saturated rings. The zero-order chi connectivity index (χ0) is 17.2. The molecular formula is C20H25NO3. The topological polar surface area (TPSA) is 47.6 Å². The molecule has 24 heavy (non-hydrogen) atoms. The maximum atomic E-state index is 12.4. The molecule has 0 bridgehead atoms. The van der Waals surface area contributed by atoms with E-state index in [0.717, 1.165) is 24.3 Å². The number of carbonyl (C=O) groups excluding carboxylic acids is 1. The van der Waals surface area contributed by atoms with Crippen LogP contribution >= 0.6 is 0 Å². The number of nitrogens with one attached hydrogen (secondary N) is 1. The summed E-state index contributed by atoms with van der Waals surface area (Å²) in [5, 5.41) is 2.89. The summed E-state index contributed by atoms with van der Waals surface area (Å²) in [6.45, 7) is 4.77. The summed E-state index contributed by atoms with van der Waals surface area (Å²) in [5.41, 5.74) is 0.734. The van der Waals surface area contributed by atoms with Crippen LogP contribution in [0, 0.1) is 0 Å². The number of ether oxygens (including phenoxy) is 2. The predicted octanol–water partition coefficient (Wildman–Crippen LogP) is 4.66. The number of hydrogen-bond donors (Lipinski definition) is 1. The van der Waals surface area contributed by atoms with Crippen LogP contribution in [0.2, 0.25) is 0 Å². The van der Waals surface area contributed by atoms with E-state index < -0.39 is 6.10 Å². The fourth-order valence-electron chi connectivity index (χ4n) is 2.18. The summed E-state index contributed by atoms with van der Waals surface area (Å²) >= 11 is 0. The molecular weight excluding hydrogens is 302 g/mol. The quantitative estimate of drug-likeness (QED) is 0.681. The second-order valence-corrected chi connectivity index (χ2v) is 5.54. The molecule has 4 nitrogen and oxygen atoms in total. The van der Waals surface area contributed by atoms with Crippen molar-refractivity contribution in [3.63, 3.8) is 0 Å². The minimum Gasteiger partial charge on any atom is -0.494 e. The van der Waals surface area contributed by atoms with E-state index in [-0.39, 0.29) is 5.91 Å². The van der Waals surface area contributed by atoms with Crippen molar-refractivity contribution in [2.45, 2.75) is 39.2 Å². The number of benzene rings is 2. The maximum absolute atomic E-state index is 12.4. The van der Waals surface area contributed by atoms with Crippen LogP contribution in [0.25, 0.3) is 0 Å². The Balaban J connectivity index is 1.90. The Morgan fingerprint density at radius 1 is 1.00 bits per heavy atom. The van der Waals surface area contributed by atoms with E-state index in [1.54, 1.807) is 0 Å². The molecule has 2 rings (SSSR count). The van der Waals surface area contributed by atoms with Gasteiger partial charge in [-0.25, -0.2) is 0 Å². The summed E-state index contributed by atoms with van der Waals surface area (Å²) in [4.78, 5) is 12.4. The van der Waals surface area contributed by atoms with Gasteiger partial charge in [0.15, 0.2) is 6.10 Å². The van der Waals surface area contributed by atoms with Gasteiger partial charge in [-0.05, 0) is 49.2 Å². The van der Waals surface area contributed by atoms with Crippen molar-refractivity contribution in [1.29, 1.82) is 0 Å². The molecule has 0 saturated carbocycles. The van der Waals surface area contributed by atoms with Gasteiger partial charge in [-0.3, -0.25) is 4.79 Å². The van der Waals surface area contributed by atoms with E-state index in [2.05, 4.69) is 12.2 Å². The lowest BCUT2D eigenvalue weighted by Gasteiger charge is -2.17. The molecule has 1 N–H and O–H groups in total. The lowest BCUT2D eigenvalue weighted by Crippen LogP contribution is -2.32. The average molecular weight is 327 g/mol. The number of rotatable bonds is 9. The van der Waals surface area contributed by atoms with E-state index in [1.165, 1.54) is 0 Å². The number of carbonyl (C=O) groups is 1. The first-order chi connectivity index (χ1) is 11.7. The summed E-state index contributed by atoms with van der Waals surface area (Å²) in [5.74, 6) is 1.36. The van der Waals surface area contributed by atoms with E-state index in [4.69, 9.17) is 9.47 Å². The molecule has 0 spiro atoms. The van der Waals surface area contributed by atoms with Gasteiger partial charge in [0, 0.05) is 5.69 Å². The van der Waals surface area contributed by atoms with Crippen molar-refractivity contribution in [1.82, 2.24) is 0 Å². The Kier molecular flexibility index (Phi) is 7.15. The SMILES string of the molecule is CCCCOc1ccc(NC(=O)C(CC)Oc2ccccc2)cc1. The van der Waals surface area contributed by atoms with Crippen LogP contribution in [0.3, 0.4) is 0 Å². The number of anilines is 1. The second kappa shape index (κ2) is 9.60. The predicted molar refractivity (Wildman–Crippen MR) is 96.6 cm³/mol. The molecule has 128 valence electrons. The zero-order valence-electron chi connectivity index (χ0n) is 14.3. The molecule has 4 heteroatoms. The summed E-state index contributed by atoms with van der Waals surface area (Å²) in [6, 6.07) is 16.8. The number of hydrogen-bond acceptors (Lipinski definition) is 3. The van der Waals surface area contributed by atoms with Crippen molar-refractivity contribution in [2.75, 3.05) is 11.9 Å². The number of unbranched alkanes of at least 4 members (excludes halogenated alkanes) is 1. The minimum atomic E-state index is -0.520. The van der Waals surface area contributed by atoms with Crippen LogP contribution in [0.5, 0.6) is 11.5 Å². The molecule has 1 amide bonds. The highest BCUT2D eigenvalue weighted by Gasteiger charge is 2.18. The van der Waals surface area contributed by atoms with Crippen LogP contribution in [-0.2, 0) is 4.79 Å².